The first kappa shape index (κ1) is 18.9. The number of aromatic nitrogens is 3. The van der Waals surface area contributed by atoms with Crippen LogP contribution in [-0.2, 0) is 19.5 Å². The molecule has 0 saturated heterocycles. The van der Waals surface area contributed by atoms with Crippen LogP contribution in [0.3, 0.4) is 0 Å². The molecule has 28 heavy (non-hydrogen) atoms. The Morgan fingerprint density at radius 2 is 2.14 bits per heavy atom. The number of aryl methyl sites for hydroxylation is 1. The molecule has 0 fully saturated rings. The Morgan fingerprint density at radius 3 is 3.00 bits per heavy atom. The van der Waals surface area contributed by atoms with Crippen molar-refractivity contribution in [3.05, 3.63) is 46.9 Å². The molecular weight excluding hydrogens is 372 g/mol. The Labute approximate surface area is 168 Å². The third-order valence-electron chi connectivity index (χ3n) is 5.06. The Hall–Kier alpha value is -2.45. The minimum atomic E-state index is -0.583. The molecule has 1 aliphatic heterocycles. The molecule has 0 saturated carbocycles. The molecule has 4 rings (SSSR count). The van der Waals surface area contributed by atoms with Crippen LogP contribution < -0.4 is 10.6 Å². The monoisotopic (exact) mass is 398 g/mol. The molecule has 148 valence electrons. The normalized spacial score (nSPS) is 15.9. The van der Waals surface area contributed by atoms with Gasteiger partial charge in [0.15, 0.2) is 11.8 Å². The Morgan fingerprint density at radius 1 is 1.25 bits per heavy atom. The second-order valence-corrected chi connectivity index (χ2v) is 8.12. The van der Waals surface area contributed by atoms with E-state index in [0.717, 1.165) is 34.9 Å². The van der Waals surface area contributed by atoms with Crippen LogP contribution in [0.5, 0.6) is 0 Å². The summed E-state index contributed by atoms with van der Waals surface area (Å²) in [5, 5.41) is 26.9. The number of aliphatic hydroxyl groups is 1. The van der Waals surface area contributed by atoms with Gasteiger partial charge in [-0.05, 0) is 30.4 Å². The first-order valence-corrected chi connectivity index (χ1v) is 10.6. The maximum Gasteiger partial charge on any atom is 0.191 e. The standard InChI is InChI=1S/C20H26N6OS/c1-21-20(23-13-19-25-24-18-9-3-2-6-10-26(18)19)22-12-15(27)17-11-14-7-4-5-8-16(14)28-17/h4-5,7-8,11,15,27H,2-3,6,9-10,12-13H2,1H3,(H2,21,22,23). The van der Waals surface area contributed by atoms with Crippen LogP contribution in [0.1, 0.15) is 41.9 Å². The largest absolute Gasteiger partial charge is 0.386 e. The highest BCUT2D eigenvalue weighted by atomic mass is 32.1. The van der Waals surface area contributed by atoms with Crippen LogP contribution in [0.25, 0.3) is 10.1 Å². The fourth-order valence-corrected chi connectivity index (χ4v) is 4.57. The van der Waals surface area contributed by atoms with Gasteiger partial charge in [0.2, 0.25) is 0 Å². The lowest BCUT2D eigenvalue weighted by Gasteiger charge is -2.15. The van der Waals surface area contributed by atoms with E-state index in [2.05, 4.69) is 42.5 Å². The number of aliphatic imine (C=N–C) groups is 1. The van der Waals surface area contributed by atoms with Gasteiger partial charge in [0.25, 0.3) is 0 Å². The number of aliphatic hydroxyl groups excluding tert-OH is 1. The van der Waals surface area contributed by atoms with Crippen molar-refractivity contribution in [2.45, 2.75) is 44.9 Å². The number of benzene rings is 1. The molecule has 0 radical (unpaired) electrons. The fourth-order valence-electron chi connectivity index (χ4n) is 3.52. The number of guanidine groups is 1. The lowest BCUT2D eigenvalue weighted by molar-refractivity contribution is 0.184. The van der Waals surface area contributed by atoms with Gasteiger partial charge in [0, 0.05) is 36.1 Å². The van der Waals surface area contributed by atoms with Gasteiger partial charge < -0.3 is 20.3 Å². The molecule has 0 spiro atoms. The van der Waals surface area contributed by atoms with Crippen LogP contribution >= 0.6 is 11.3 Å². The number of nitrogens with zero attached hydrogens (tertiary/aromatic N) is 4. The molecule has 3 N–H and O–H groups in total. The average Bonchev–Trinajstić information content (AvgIpc) is 3.25. The Balaban J connectivity index is 1.33. The van der Waals surface area contributed by atoms with E-state index < -0.39 is 6.10 Å². The minimum absolute atomic E-state index is 0.393. The minimum Gasteiger partial charge on any atom is -0.386 e. The second-order valence-electron chi connectivity index (χ2n) is 7.00. The van der Waals surface area contributed by atoms with Crippen molar-refractivity contribution in [3.8, 4) is 0 Å². The molecule has 2 aromatic heterocycles. The SMILES string of the molecule is CN=C(NCc1nnc2n1CCCCC2)NCC(O)c1cc2ccccc2s1. The van der Waals surface area contributed by atoms with E-state index in [1.54, 1.807) is 18.4 Å². The summed E-state index contributed by atoms with van der Waals surface area (Å²) in [7, 11) is 1.73. The van der Waals surface area contributed by atoms with Crippen molar-refractivity contribution in [2.24, 2.45) is 4.99 Å². The van der Waals surface area contributed by atoms with E-state index in [1.807, 2.05) is 18.2 Å². The van der Waals surface area contributed by atoms with Crippen LogP contribution in [0, 0.1) is 0 Å². The van der Waals surface area contributed by atoms with Crippen LogP contribution in [0.15, 0.2) is 35.3 Å². The Bertz CT molecular complexity index is 930. The maximum absolute atomic E-state index is 10.5. The molecule has 0 aliphatic carbocycles. The molecule has 1 aromatic carbocycles. The van der Waals surface area contributed by atoms with Crippen LogP contribution in [0.4, 0.5) is 0 Å². The molecular formula is C20H26N6OS. The Kier molecular flexibility index (Phi) is 5.87. The summed E-state index contributed by atoms with van der Waals surface area (Å²) in [4.78, 5) is 5.21. The molecule has 8 heteroatoms. The highest BCUT2D eigenvalue weighted by molar-refractivity contribution is 7.19. The quantitative estimate of drug-likeness (QED) is 0.454. The summed E-state index contributed by atoms with van der Waals surface area (Å²) >= 11 is 1.62. The average molecular weight is 399 g/mol. The van der Waals surface area contributed by atoms with Gasteiger partial charge in [-0.15, -0.1) is 21.5 Å². The predicted octanol–water partition coefficient (Wildman–Crippen LogP) is 2.62. The number of hydrogen-bond donors (Lipinski definition) is 3. The number of hydrogen-bond acceptors (Lipinski definition) is 5. The van der Waals surface area contributed by atoms with E-state index in [4.69, 9.17) is 0 Å². The lowest BCUT2D eigenvalue weighted by atomic mass is 10.2. The van der Waals surface area contributed by atoms with Gasteiger partial charge in [0.1, 0.15) is 11.9 Å². The summed E-state index contributed by atoms with van der Waals surface area (Å²) in [5.74, 6) is 2.66. The fraction of sp³-hybridized carbons (Fsp3) is 0.450. The first-order valence-electron chi connectivity index (χ1n) is 9.76. The van der Waals surface area contributed by atoms with Crippen molar-refractivity contribution in [1.29, 1.82) is 0 Å². The van der Waals surface area contributed by atoms with Gasteiger partial charge in [-0.2, -0.15) is 0 Å². The molecule has 3 heterocycles. The van der Waals surface area contributed by atoms with Gasteiger partial charge in [-0.25, -0.2) is 0 Å². The van der Waals surface area contributed by atoms with E-state index in [9.17, 15) is 5.11 Å². The molecule has 1 aliphatic rings. The molecule has 0 amide bonds. The van der Waals surface area contributed by atoms with E-state index >= 15 is 0 Å². The number of nitrogens with one attached hydrogen (secondary N) is 2. The zero-order valence-electron chi connectivity index (χ0n) is 16.1. The summed E-state index contributed by atoms with van der Waals surface area (Å²) in [6.07, 6.45) is 4.02. The number of thiophene rings is 1. The topological polar surface area (TPSA) is 87.4 Å². The number of rotatable bonds is 5. The van der Waals surface area contributed by atoms with Crippen molar-refractivity contribution in [3.63, 3.8) is 0 Å². The van der Waals surface area contributed by atoms with Crippen molar-refractivity contribution < 1.29 is 5.11 Å². The second kappa shape index (κ2) is 8.70. The van der Waals surface area contributed by atoms with Gasteiger partial charge in [0.05, 0.1) is 6.54 Å². The maximum atomic E-state index is 10.5. The smallest absolute Gasteiger partial charge is 0.191 e. The molecule has 1 atom stereocenters. The summed E-state index contributed by atoms with van der Waals surface area (Å²) in [5.41, 5.74) is 0. The van der Waals surface area contributed by atoms with Crippen molar-refractivity contribution >= 4 is 27.4 Å². The summed E-state index contributed by atoms with van der Waals surface area (Å²) < 4.78 is 3.41. The zero-order chi connectivity index (χ0) is 19.3. The third kappa shape index (κ3) is 4.18. The predicted molar refractivity (Wildman–Crippen MR) is 113 cm³/mol. The van der Waals surface area contributed by atoms with Crippen molar-refractivity contribution in [1.82, 2.24) is 25.4 Å². The van der Waals surface area contributed by atoms with E-state index in [0.29, 0.717) is 19.0 Å². The molecule has 7 nitrogen and oxygen atoms in total. The first-order chi connectivity index (χ1) is 13.7. The van der Waals surface area contributed by atoms with E-state index in [-0.39, 0.29) is 0 Å². The highest BCUT2D eigenvalue weighted by Gasteiger charge is 2.15. The molecule has 3 aromatic rings. The van der Waals surface area contributed by atoms with Crippen molar-refractivity contribution in [2.75, 3.05) is 13.6 Å². The molecule has 1 unspecified atom stereocenters. The van der Waals surface area contributed by atoms with Gasteiger partial charge >= 0.3 is 0 Å². The van der Waals surface area contributed by atoms with Crippen LogP contribution in [-0.4, -0.2) is 39.4 Å². The zero-order valence-corrected chi connectivity index (χ0v) is 16.9. The van der Waals surface area contributed by atoms with Gasteiger partial charge in [-0.3, -0.25) is 4.99 Å². The molecule has 0 bridgehead atoms. The highest BCUT2D eigenvalue weighted by Crippen LogP contribution is 2.29. The summed E-state index contributed by atoms with van der Waals surface area (Å²) in [6.45, 7) is 1.94. The number of fused-ring (bicyclic) bond motifs is 2. The van der Waals surface area contributed by atoms with E-state index in [1.165, 1.54) is 24.0 Å². The summed E-state index contributed by atoms with van der Waals surface area (Å²) in [6, 6.07) is 10.2. The third-order valence-corrected chi connectivity index (χ3v) is 6.28. The van der Waals surface area contributed by atoms with Gasteiger partial charge in [-0.1, -0.05) is 24.6 Å². The van der Waals surface area contributed by atoms with Crippen LogP contribution in [0.2, 0.25) is 0 Å². The lowest BCUT2D eigenvalue weighted by Crippen LogP contribution is -2.39.